The predicted molar refractivity (Wildman–Crippen MR) is 121 cm³/mol. The van der Waals surface area contributed by atoms with Gasteiger partial charge in [0.15, 0.2) is 0 Å². The third kappa shape index (κ3) is 7.25. The second kappa shape index (κ2) is 12.3. The number of hydrogen-bond donors (Lipinski definition) is 4. The summed E-state index contributed by atoms with van der Waals surface area (Å²) in [6.45, 7) is 1.88. The van der Waals surface area contributed by atoms with Crippen LogP contribution in [0.5, 0.6) is 0 Å². The number of unbranched alkanes of at least 4 members (excludes halogenated alkanes) is 1. The molecule has 4 N–H and O–H groups in total. The first kappa shape index (κ1) is 24.6. The van der Waals surface area contributed by atoms with Gasteiger partial charge in [-0.25, -0.2) is 0 Å². The molecular weight excluding hydrogens is 434 g/mol. The Labute approximate surface area is 192 Å². The van der Waals surface area contributed by atoms with Crippen LogP contribution >= 0.6 is 11.8 Å². The van der Waals surface area contributed by atoms with Crippen LogP contribution in [0.4, 0.5) is 0 Å². The molecule has 2 aliphatic rings. The molecular formula is C22H33N3O6S. The number of rotatable bonds is 11. The van der Waals surface area contributed by atoms with Crippen molar-refractivity contribution in [3.05, 3.63) is 24.2 Å². The quantitative estimate of drug-likeness (QED) is 0.361. The molecule has 0 saturated carbocycles. The van der Waals surface area contributed by atoms with Gasteiger partial charge in [0.1, 0.15) is 18.3 Å². The van der Waals surface area contributed by atoms with Crippen molar-refractivity contribution in [1.29, 1.82) is 0 Å². The van der Waals surface area contributed by atoms with Crippen molar-refractivity contribution in [3.8, 4) is 0 Å². The van der Waals surface area contributed by atoms with Gasteiger partial charge in [-0.2, -0.15) is 0 Å². The SMILES string of the molecule is O=C(O)CN1CC(c2ccco2)SCC(NC(CCCCC2CCNCC2)C(=O)O)C1=O. The number of thioether (sulfide) groups is 1. The third-order valence-electron chi connectivity index (χ3n) is 6.16. The van der Waals surface area contributed by atoms with Gasteiger partial charge < -0.3 is 24.8 Å². The number of amides is 1. The van der Waals surface area contributed by atoms with Crippen molar-refractivity contribution >= 4 is 29.6 Å². The van der Waals surface area contributed by atoms with Crippen LogP contribution in [-0.2, 0) is 14.4 Å². The third-order valence-corrected chi connectivity index (χ3v) is 7.47. The number of furan rings is 1. The summed E-state index contributed by atoms with van der Waals surface area (Å²) in [7, 11) is 0. The zero-order valence-electron chi connectivity index (χ0n) is 18.2. The van der Waals surface area contributed by atoms with Crippen molar-refractivity contribution in [2.24, 2.45) is 5.92 Å². The van der Waals surface area contributed by atoms with Crippen LogP contribution in [0, 0.1) is 5.92 Å². The number of piperidine rings is 1. The molecule has 1 aromatic rings. The maximum absolute atomic E-state index is 13.0. The number of carboxylic acid groups (broad SMARTS) is 2. The molecule has 0 spiro atoms. The van der Waals surface area contributed by atoms with E-state index in [0.717, 1.165) is 32.4 Å². The minimum absolute atomic E-state index is 0.201. The van der Waals surface area contributed by atoms with E-state index in [0.29, 0.717) is 23.9 Å². The molecule has 2 aliphatic heterocycles. The van der Waals surface area contributed by atoms with E-state index in [1.165, 1.54) is 29.5 Å². The van der Waals surface area contributed by atoms with Crippen molar-refractivity contribution in [2.75, 3.05) is 31.9 Å². The Hall–Kier alpha value is -2.04. The Morgan fingerprint density at radius 1 is 1.28 bits per heavy atom. The van der Waals surface area contributed by atoms with Gasteiger partial charge in [-0.1, -0.05) is 19.3 Å². The largest absolute Gasteiger partial charge is 0.480 e. The highest BCUT2D eigenvalue weighted by Gasteiger charge is 2.36. The standard InChI is InChI=1S/C22H33N3O6S/c26-20(27)13-25-12-19(18-6-3-11-31-18)32-14-17(21(25)28)24-16(22(29)30)5-2-1-4-15-7-9-23-10-8-15/h3,6,11,15-17,19,23-24H,1-2,4-5,7-10,12-14H2,(H,26,27)(H,29,30). The summed E-state index contributed by atoms with van der Waals surface area (Å²) in [5.41, 5.74) is 0. The molecule has 0 radical (unpaired) electrons. The van der Waals surface area contributed by atoms with E-state index in [2.05, 4.69) is 10.6 Å². The van der Waals surface area contributed by atoms with Gasteiger partial charge in [0, 0.05) is 12.3 Å². The first-order valence-corrected chi connectivity index (χ1v) is 12.3. The van der Waals surface area contributed by atoms with Gasteiger partial charge >= 0.3 is 11.9 Å². The molecule has 1 amide bonds. The molecule has 1 aromatic heterocycles. The molecule has 2 fully saturated rings. The summed E-state index contributed by atoms with van der Waals surface area (Å²) in [5.74, 6) is -0.743. The Morgan fingerprint density at radius 2 is 2.06 bits per heavy atom. The topological polar surface area (TPSA) is 132 Å². The van der Waals surface area contributed by atoms with E-state index in [4.69, 9.17) is 4.42 Å². The summed E-state index contributed by atoms with van der Waals surface area (Å²) in [6.07, 6.45) is 7.17. The first-order valence-electron chi connectivity index (χ1n) is 11.3. The molecule has 9 nitrogen and oxygen atoms in total. The highest BCUT2D eigenvalue weighted by atomic mass is 32.2. The molecule has 3 heterocycles. The van der Waals surface area contributed by atoms with Crippen molar-refractivity contribution in [2.45, 2.75) is 55.9 Å². The summed E-state index contributed by atoms with van der Waals surface area (Å²) in [4.78, 5) is 37.5. The van der Waals surface area contributed by atoms with Crippen molar-refractivity contribution in [3.63, 3.8) is 0 Å². The number of aliphatic carboxylic acids is 2. The van der Waals surface area contributed by atoms with E-state index < -0.39 is 30.6 Å². The van der Waals surface area contributed by atoms with Crippen LogP contribution < -0.4 is 10.6 Å². The first-order chi connectivity index (χ1) is 15.4. The zero-order valence-corrected chi connectivity index (χ0v) is 19.0. The molecule has 3 rings (SSSR count). The highest BCUT2D eigenvalue weighted by molar-refractivity contribution is 7.99. The molecule has 0 bridgehead atoms. The Bertz CT molecular complexity index is 753. The summed E-state index contributed by atoms with van der Waals surface area (Å²) in [6, 6.07) is 1.95. The average Bonchev–Trinajstić information content (AvgIpc) is 3.26. The zero-order chi connectivity index (χ0) is 22.9. The van der Waals surface area contributed by atoms with Crippen LogP contribution in [0.25, 0.3) is 0 Å². The maximum Gasteiger partial charge on any atom is 0.323 e. The number of hydrogen-bond acceptors (Lipinski definition) is 7. The van der Waals surface area contributed by atoms with Crippen LogP contribution in [-0.4, -0.2) is 77.0 Å². The summed E-state index contributed by atoms with van der Waals surface area (Å²) in [5, 5.41) is 25.1. The lowest BCUT2D eigenvalue weighted by atomic mass is 9.92. The molecule has 2 saturated heterocycles. The molecule has 10 heteroatoms. The van der Waals surface area contributed by atoms with Crippen LogP contribution in [0.1, 0.15) is 49.5 Å². The van der Waals surface area contributed by atoms with Crippen molar-refractivity contribution in [1.82, 2.24) is 15.5 Å². The number of nitrogens with one attached hydrogen (secondary N) is 2. The number of carbonyl (C=O) groups excluding carboxylic acids is 1. The number of carbonyl (C=O) groups is 3. The predicted octanol–water partition coefficient (Wildman–Crippen LogP) is 1.95. The van der Waals surface area contributed by atoms with E-state index in [1.54, 1.807) is 18.4 Å². The smallest absolute Gasteiger partial charge is 0.323 e. The molecule has 178 valence electrons. The van der Waals surface area contributed by atoms with E-state index >= 15 is 0 Å². The summed E-state index contributed by atoms with van der Waals surface area (Å²) < 4.78 is 5.46. The number of carboxylic acids is 2. The fourth-order valence-electron chi connectivity index (χ4n) is 4.39. The van der Waals surface area contributed by atoms with E-state index in [1.807, 2.05) is 0 Å². The normalized spacial score (nSPS) is 23.6. The van der Waals surface area contributed by atoms with Crippen LogP contribution in [0.3, 0.4) is 0 Å². The van der Waals surface area contributed by atoms with Gasteiger partial charge in [0.25, 0.3) is 0 Å². The minimum atomic E-state index is -1.10. The lowest BCUT2D eigenvalue weighted by molar-refractivity contribution is -0.146. The van der Waals surface area contributed by atoms with Gasteiger partial charge in [-0.3, -0.25) is 19.7 Å². The Balaban J connectivity index is 1.57. The van der Waals surface area contributed by atoms with Crippen LogP contribution in [0.15, 0.2) is 22.8 Å². The second-order valence-electron chi connectivity index (χ2n) is 8.54. The molecule has 0 aliphatic carbocycles. The van der Waals surface area contributed by atoms with E-state index in [9.17, 15) is 24.6 Å². The van der Waals surface area contributed by atoms with Crippen molar-refractivity contribution < 1.29 is 29.0 Å². The van der Waals surface area contributed by atoms with Gasteiger partial charge in [0.05, 0.1) is 17.6 Å². The Morgan fingerprint density at radius 3 is 2.72 bits per heavy atom. The lowest BCUT2D eigenvalue weighted by Gasteiger charge is -2.26. The van der Waals surface area contributed by atoms with E-state index in [-0.39, 0.29) is 17.7 Å². The average molecular weight is 468 g/mol. The molecule has 3 atom stereocenters. The summed E-state index contributed by atoms with van der Waals surface area (Å²) >= 11 is 1.47. The van der Waals surface area contributed by atoms with Gasteiger partial charge in [-0.15, -0.1) is 11.8 Å². The molecule has 0 aromatic carbocycles. The lowest BCUT2D eigenvalue weighted by Crippen LogP contribution is -2.53. The van der Waals surface area contributed by atoms with Gasteiger partial charge in [-0.05, 0) is 50.4 Å². The monoisotopic (exact) mass is 467 g/mol. The van der Waals surface area contributed by atoms with Crippen LogP contribution in [0.2, 0.25) is 0 Å². The minimum Gasteiger partial charge on any atom is -0.480 e. The molecule has 32 heavy (non-hydrogen) atoms. The fourth-order valence-corrected chi connectivity index (χ4v) is 5.64. The molecule has 3 unspecified atom stereocenters. The maximum atomic E-state index is 13.0. The second-order valence-corrected chi connectivity index (χ2v) is 9.77. The fraction of sp³-hybridized carbons (Fsp3) is 0.682. The highest BCUT2D eigenvalue weighted by Crippen LogP contribution is 2.33. The Kier molecular flexibility index (Phi) is 9.43. The number of nitrogens with zero attached hydrogens (tertiary/aromatic N) is 1. The van der Waals surface area contributed by atoms with Gasteiger partial charge in [0.2, 0.25) is 5.91 Å².